The van der Waals surface area contributed by atoms with E-state index in [1.54, 1.807) is 15.6 Å². The van der Waals surface area contributed by atoms with E-state index in [0.717, 1.165) is 29.1 Å². The minimum atomic E-state index is 0.453. The molecule has 1 N–H and O–H groups in total. The number of aromatic amines is 1. The van der Waals surface area contributed by atoms with Gasteiger partial charge in [0.1, 0.15) is 5.15 Å². The molecule has 0 aliphatic carbocycles. The normalized spacial score (nSPS) is 11.5. The van der Waals surface area contributed by atoms with E-state index in [4.69, 9.17) is 23.8 Å². The minimum absolute atomic E-state index is 0.453. The summed E-state index contributed by atoms with van der Waals surface area (Å²) >= 11 is 11.7. The van der Waals surface area contributed by atoms with Gasteiger partial charge in [-0.15, -0.1) is 0 Å². The van der Waals surface area contributed by atoms with Gasteiger partial charge in [-0.05, 0) is 31.6 Å². The van der Waals surface area contributed by atoms with E-state index in [0.29, 0.717) is 16.5 Å². The third-order valence-corrected chi connectivity index (χ3v) is 4.56. The number of hydrogen-bond donors (Lipinski definition) is 1. The Kier molecular flexibility index (Phi) is 5.15. The average Bonchev–Trinajstić information content (AvgIpc) is 3.08. The van der Waals surface area contributed by atoms with Crippen LogP contribution < -0.4 is 0 Å². The number of nitrogens with one attached hydrogen (secondary N) is 1. The second-order valence-electron chi connectivity index (χ2n) is 5.79. The lowest BCUT2D eigenvalue weighted by Gasteiger charge is -2.04. The maximum absolute atomic E-state index is 6.51. The Balaban J connectivity index is 1.89. The zero-order valence-corrected chi connectivity index (χ0v) is 15.9. The molecule has 8 heteroatoms. The zero-order valence-electron chi connectivity index (χ0n) is 14.3. The zero-order chi connectivity index (χ0) is 18.0. The summed E-state index contributed by atoms with van der Waals surface area (Å²) in [5.74, 6) is 0.766. The predicted octanol–water partition coefficient (Wildman–Crippen LogP) is 3.90. The first kappa shape index (κ1) is 17.6. The number of halogens is 1. The van der Waals surface area contributed by atoms with Crippen molar-refractivity contribution in [2.75, 3.05) is 0 Å². The number of aromatic nitrogens is 5. The number of aryl methyl sites for hydroxylation is 3. The number of rotatable bonds is 5. The molecule has 0 saturated carbocycles. The van der Waals surface area contributed by atoms with Crippen LogP contribution in [0, 0.1) is 18.6 Å². The molecule has 0 amide bonds. The van der Waals surface area contributed by atoms with Crippen LogP contribution in [0.5, 0.6) is 0 Å². The van der Waals surface area contributed by atoms with E-state index in [9.17, 15) is 0 Å². The fourth-order valence-electron chi connectivity index (χ4n) is 2.47. The second kappa shape index (κ2) is 7.33. The highest BCUT2D eigenvalue weighted by molar-refractivity contribution is 7.71. The number of H-pyrrole nitrogens is 1. The number of benzene rings is 1. The summed E-state index contributed by atoms with van der Waals surface area (Å²) in [6.45, 7) is 6.58. The molecule has 0 aliphatic heterocycles. The molecule has 0 aliphatic rings. The van der Waals surface area contributed by atoms with Gasteiger partial charge in [-0.1, -0.05) is 48.4 Å². The molecule has 2 heterocycles. The van der Waals surface area contributed by atoms with Crippen LogP contribution in [-0.2, 0) is 13.0 Å². The molecule has 6 nitrogen and oxygen atoms in total. The Labute approximate surface area is 156 Å². The third-order valence-electron chi connectivity index (χ3n) is 3.90. The smallest absolute Gasteiger partial charge is 0.216 e. The fraction of sp³-hybridized carbons (Fsp3) is 0.294. The molecule has 1 aromatic carbocycles. The summed E-state index contributed by atoms with van der Waals surface area (Å²) in [4.78, 5) is 0. The van der Waals surface area contributed by atoms with Crippen molar-refractivity contribution in [2.45, 2.75) is 33.7 Å². The highest BCUT2D eigenvalue weighted by atomic mass is 35.5. The number of hydrogen-bond acceptors (Lipinski definition) is 4. The Morgan fingerprint density at radius 2 is 2.00 bits per heavy atom. The van der Waals surface area contributed by atoms with Crippen molar-refractivity contribution in [1.29, 1.82) is 0 Å². The average molecular weight is 375 g/mol. The van der Waals surface area contributed by atoms with Crippen LogP contribution in [0.15, 0.2) is 29.4 Å². The van der Waals surface area contributed by atoms with E-state index in [2.05, 4.69) is 51.6 Å². The third kappa shape index (κ3) is 3.72. The maximum Gasteiger partial charge on any atom is 0.216 e. The van der Waals surface area contributed by atoms with Crippen LogP contribution >= 0.6 is 23.8 Å². The molecule has 0 bridgehead atoms. The summed E-state index contributed by atoms with van der Waals surface area (Å²) in [7, 11) is 0. The first-order chi connectivity index (χ1) is 12.0. The van der Waals surface area contributed by atoms with Crippen LogP contribution in [0.1, 0.15) is 35.1 Å². The fourth-order valence-corrected chi connectivity index (χ4v) is 2.95. The van der Waals surface area contributed by atoms with Gasteiger partial charge in [0.05, 0.1) is 24.0 Å². The van der Waals surface area contributed by atoms with Gasteiger partial charge in [0.2, 0.25) is 4.77 Å². The molecule has 130 valence electrons. The molecule has 25 heavy (non-hydrogen) atoms. The van der Waals surface area contributed by atoms with Gasteiger partial charge in [0.25, 0.3) is 0 Å². The highest BCUT2D eigenvalue weighted by Gasteiger charge is 2.12. The number of nitrogens with zero attached hydrogens (tertiary/aromatic N) is 5. The topological polar surface area (TPSA) is 63.8 Å². The van der Waals surface area contributed by atoms with Crippen molar-refractivity contribution in [3.05, 3.63) is 62.4 Å². The molecular weight excluding hydrogens is 356 g/mol. The molecule has 3 aromatic rings. The van der Waals surface area contributed by atoms with Crippen LogP contribution in [0.25, 0.3) is 0 Å². The van der Waals surface area contributed by atoms with Crippen LogP contribution in [0.4, 0.5) is 0 Å². The molecular formula is C17H19ClN6S. The Morgan fingerprint density at radius 3 is 2.68 bits per heavy atom. The highest BCUT2D eigenvalue weighted by Crippen LogP contribution is 2.19. The standard InChI is InChI=1S/C17H19ClN6S/c1-4-15-20-21-17(25)24(15)19-9-14-12(3)22-23(16(14)18)10-13-7-5-11(2)6-8-13/h5-9H,4,10H2,1-3H3,(H,21,25)/b19-9-. The van der Waals surface area contributed by atoms with Crippen LogP contribution in [0.2, 0.25) is 5.15 Å². The van der Waals surface area contributed by atoms with Crippen molar-refractivity contribution in [3.8, 4) is 0 Å². The summed E-state index contributed by atoms with van der Waals surface area (Å²) in [6, 6.07) is 8.31. The minimum Gasteiger partial charge on any atom is -0.250 e. The summed E-state index contributed by atoms with van der Waals surface area (Å²) in [6.07, 6.45) is 2.41. The first-order valence-electron chi connectivity index (χ1n) is 7.98. The lowest BCUT2D eigenvalue weighted by atomic mass is 10.1. The van der Waals surface area contributed by atoms with Gasteiger partial charge < -0.3 is 0 Å². The lowest BCUT2D eigenvalue weighted by Crippen LogP contribution is -2.02. The van der Waals surface area contributed by atoms with Crippen molar-refractivity contribution in [1.82, 2.24) is 24.7 Å². The SMILES string of the molecule is CCc1n[nH]c(=S)n1/N=C\c1c(C)nn(Cc2ccc(C)cc2)c1Cl. The molecule has 0 spiro atoms. The van der Waals surface area contributed by atoms with Gasteiger partial charge >= 0.3 is 0 Å². The van der Waals surface area contributed by atoms with Gasteiger partial charge in [0, 0.05) is 6.42 Å². The summed E-state index contributed by atoms with van der Waals surface area (Å²) < 4.78 is 3.83. The Morgan fingerprint density at radius 1 is 1.28 bits per heavy atom. The van der Waals surface area contributed by atoms with E-state index in [1.165, 1.54) is 5.56 Å². The predicted molar refractivity (Wildman–Crippen MR) is 102 cm³/mol. The largest absolute Gasteiger partial charge is 0.250 e. The van der Waals surface area contributed by atoms with Crippen molar-refractivity contribution < 1.29 is 0 Å². The quantitative estimate of drug-likeness (QED) is 0.544. The van der Waals surface area contributed by atoms with Gasteiger partial charge in [0.15, 0.2) is 5.82 Å². The summed E-state index contributed by atoms with van der Waals surface area (Å²) in [5.41, 5.74) is 3.96. The van der Waals surface area contributed by atoms with Crippen molar-refractivity contribution >= 4 is 30.0 Å². The molecule has 0 saturated heterocycles. The molecule has 0 atom stereocenters. The van der Waals surface area contributed by atoms with E-state index < -0.39 is 0 Å². The maximum atomic E-state index is 6.51. The molecule has 0 unspecified atom stereocenters. The first-order valence-corrected chi connectivity index (χ1v) is 8.77. The van der Waals surface area contributed by atoms with Crippen LogP contribution in [0.3, 0.4) is 0 Å². The van der Waals surface area contributed by atoms with Crippen LogP contribution in [-0.4, -0.2) is 30.9 Å². The van der Waals surface area contributed by atoms with E-state index in [-0.39, 0.29) is 0 Å². The molecule has 2 aromatic heterocycles. The van der Waals surface area contributed by atoms with E-state index >= 15 is 0 Å². The monoisotopic (exact) mass is 374 g/mol. The Bertz CT molecular complexity index is 964. The van der Waals surface area contributed by atoms with E-state index in [1.807, 2.05) is 13.8 Å². The van der Waals surface area contributed by atoms with Crippen molar-refractivity contribution in [2.24, 2.45) is 5.10 Å². The summed E-state index contributed by atoms with van der Waals surface area (Å²) in [5, 5.41) is 16.4. The van der Waals surface area contributed by atoms with Gasteiger partial charge in [-0.3, -0.25) is 5.10 Å². The Hall–Kier alpha value is -2.25. The lowest BCUT2D eigenvalue weighted by molar-refractivity contribution is 0.680. The molecule has 0 radical (unpaired) electrons. The van der Waals surface area contributed by atoms with Gasteiger partial charge in [-0.2, -0.15) is 20.0 Å². The molecule has 0 fully saturated rings. The van der Waals surface area contributed by atoms with Crippen molar-refractivity contribution in [3.63, 3.8) is 0 Å². The second-order valence-corrected chi connectivity index (χ2v) is 6.53. The van der Waals surface area contributed by atoms with Gasteiger partial charge in [-0.25, -0.2) is 4.68 Å². The molecule has 3 rings (SSSR count).